The summed E-state index contributed by atoms with van der Waals surface area (Å²) in [4.78, 5) is 13.2. The van der Waals surface area contributed by atoms with Crippen LogP contribution in [0.1, 0.15) is 20.3 Å². The van der Waals surface area contributed by atoms with Crippen molar-refractivity contribution in [2.24, 2.45) is 0 Å². The van der Waals surface area contributed by atoms with Crippen molar-refractivity contribution in [1.29, 1.82) is 0 Å². The molecule has 0 radical (unpaired) electrons. The number of hydrogen-bond acceptors (Lipinski definition) is 3. The lowest BCUT2D eigenvalue weighted by atomic mass is 10.3. The highest BCUT2D eigenvalue weighted by Gasteiger charge is 2.23. The number of nitrogens with zero attached hydrogens (tertiary/aromatic N) is 1. The summed E-state index contributed by atoms with van der Waals surface area (Å²) in [6.07, 6.45) is 0.399. The van der Waals surface area contributed by atoms with Gasteiger partial charge in [-0.25, -0.2) is 0 Å². The van der Waals surface area contributed by atoms with Crippen LogP contribution < -0.4 is 5.32 Å². The van der Waals surface area contributed by atoms with Gasteiger partial charge < -0.3 is 15.3 Å². The van der Waals surface area contributed by atoms with Gasteiger partial charge in [0.2, 0.25) is 5.91 Å². The van der Waals surface area contributed by atoms with Crippen molar-refractivity contribution in [2.75, 3.05) is 19.6 Å². The number of nitrogens with one attached hydrogen (secondary N) is 1. The van der Waals surface area contributed by atoms with Crippen molar-refractivity contribution in [3.05, 3.63) is 0 Å². The highest BCUT2D eigenvalue weighted by Crippen LogP contribution is 2.08. The molecule has 1 heterocycles. The first-order chi connectivity index (χ1) is 6.09. The average Bonchev–Trinajstić information content (AvgIpc) is 2.47. The second-order valence-corrected chi connectivity index (χ2v) is 3.82. The molecule has 0 spiro atoms. The highest BCUT2D eigenvalue weighted by molar-refractivity contribution is 5.78. The van der Waals surface area contributed by atoms with E-state index < -0.39 is 0 Å². The number of carbonyl (C=O) groups excluding carboxylic acids is 1. The minimum Gasteiger partial charge on any atom is -0.391 e. The summed E-state index contributed by atoms with van der Waals surface area (Å²) in [7, 11) is 0. The number of carbonyl (C=O) groups is 1. The first-order valence-electron chi connectivity index (χ1n) is 4.79. The van der Waals surface area contributed by atoms with Gasteiger partial charge in [0.05, 0.1) is 12.6 Å². The van der Waals surface area contributed by atoms with E-state index in [2.05, 4.69) is 5.32 Å². The summed E-state index contributed by atoms with van der Waals surface area (Å²) in [5.74, 6) is 0.0882. The van der Waals surface area contributed by atoms with E-state index in [0.717, 1.165) is 0 Å². The molecule has 76 valence electrons. The molecule has 1 aliphatic rings. The number of amides is 1. The molecule has 0 aromatic heterocycles. The Bertz CT molecular complexity index is 182. The van der Waals surface area contributed by atoms with Crippen LogP contribution in [0.15, 0.2) is 0 Å². The third kappa shape index (κ3) is 3.32. The van der Waals surface area contributed by atoms with Crippen LogP contribution in [0.4, 0.5) is 0 Å². The Kier molecular flexibility index (Phi) is 3.69. The zero-order valence-corrected chi connectivity index (χ0v) is 8.29. The number of hydrogen-bond donors (Lipinski definition) is 2. The van der Waals surface area contributed by atoms with Crippen molar-refractivity contribution in [3.63, 3.8) is 0 Å². The van der Waals surface area contributed by atoms with Gasteiger partial charge in [0.1, 0.15) is 0 Å². The molecule has 1 rings (SSSR count). The molecule has 13 heavy (non-hydrogen) atoms. The molecule has 1 atom stereocenters. The Hall–Kier alpha value is -0.610. The number of likely N-dealkylation sites (tertiary alicyclic amines) is 1. The predicted molar refractivity (Wildman–Crippen MR) is 50.3 cm³/mol. The van der Waals surface area contributed by atoms with Gasteiger partial charge in [0.15, 0.2) is 0 Å². The van der Waals surface area contributed by atoms with Gasteiger partial charge in [-0.1, -0.05) is 13.8 Å². The Morgan fingerprint density at radius 2 is 2.38 bits per heavy atom. The molecular weight excluding hydrogens is 168 g/mol. The van der Waals surface area contributed by atoms with E-state index in [9.17, 15) is 9.90 Å². The van der Waals surface area contributed by atoms with Crippen molar-refractivity contribution in [2.45, 2.75) is 32.4 Å². The lowest BCUT2D eigenvalue weighted by Gasteiger charge is -2.16. The monoisotopic (exact) mass is 186 g/mol. The van der Waals surface area contributed by atoms with Gasteiger partial charge in [-0.15, -0.1) is 0 Å². The zero-order chi connectivity index (χ0) is 9.84. The molecule has 0 saturated carbocycles. The molecule has 1 aliphatic heterocycles. The fourth-order valence-corrected chi connectivity index (χ4v) is 1.37. The van der Waals surface area contributed by atoms with Gasteiger partial charge in [-0.05, 0) is 6.42 Å². The number of aliphatic hydroxyl groups excluding tert-OH is 1. The maximum absolute atomic E-state index is 11.4. The van der Waals surface area contributed by atoms with E-state index in [4.69, 9.17) is 0 Å². The molecule has 0 unspecified atom stereocenters. The van der Waals surface area contributed by atoms with Gasteiger partial charge in [-0.3, -0.25) is 4.79 Å². The molecule has 4 heteroatoms. The summed E-state index contributed by atoms with van der Waals surface area (Å²) < 4.78 is 0. The minimum atomic E-state index is -0.317. The number of β-amino-alcohol motifs (C(OH)–C–C–N with tert-alkyl or cyclic N) is 1. The molecule has 0 bridgehead atoms. The van der Waals surface area contributed by atoms with E-state index in [1.165, 1.54) is 0 Å². The van der Waals surface area contributed by atoms with Crippen LogP contribution in [0.2, 0.25) is 0 Å². The fourth-order valence-electron chi connectivity index (χ4n) is 1.37. The van der Waals surface area contributed by atoms with Gasteiger partial charge >= 0.3 is 0 Å². The predicted octanol–water partition coefficient (Wildman–Crippen LogP) is -0.422. The molecule has 0 aliphatic carbocycles. The summed E-state index contributed by atoms with van der Waals surface area (Å²) in [5, 5.41) is 12.3. The summed E-state index contributed by atoms with van der Waals surface area (Å²) >= 11 is 0. The van der Waals surface area contributed by atoms with Crippen molar-refractivity contribution in [1.82, 2.24) is 10.2 Å². The van der Waals surface area contributed by atoms with Gasteiger partial charge in [0.25, 0.3) is 0 Å². The Labute approximate surface area is 78.9 Å². The molecule has 1 amide bonds. The Balaban J connectivity index is 2.24. The van der Waals surface area contributed by atoms with Crippen molar-refractivity contribution < 1.29 is 9.90 Å². The zero-order valence-electron chi connectivity index (χ0n) is 8.29. The standard InChI is InChI=1S/C9H18N2O2/c1-7(2)10-5-9(13)11-4-3-8(12)6-11/h7-8,10,12H,3-6H2,1-2H3/t8-/m1/s1. The van der Waals surface area contributed by atoms with Crippen LogP contribution in [0, 0.1) is 0 Å². The van der Waals surface area contributed by atoms with Crippen LogP contribution in [-0.2, 0) is 4.79 Å². The highest BCUT2D eigenvalue weighted by atomic mass is 16.3. The Morgan fingerprint density at radius 3 is 2.85 bits per heavy atom. The van der Waals surface area contributed by atoms with E-state index in [-0.39, 0.29) is 12.0 Å². The minimum absolute atomic E-state index is 0.0882. The molecular formula is C9H18N2O2. The summed E-state index contributed by atoms with van der Waals surface area (Å²) in [6, 6.07) is 0.330. The Morgan fingerprint density at radius 1 is 1.69 bits per heavy atom. The van der Waals surface area contributed by atoms with Crippen LogP contribution in [0.3, 0.4) is 0 Å². The third-order valence-corrected chi connectivity index (χ3v) is 2.18. The number of rotatable bonds is 3. The first-order valence-corrected chi connectivity index (χ1v) is 4.79. The molecule has 1 saturated heterocycles. The smallest absolute Gasteiger partial charge is 0.236 e. The second-order valence-electron chi connectivity index (χ2n) is 3.82. The van der Waals surface area contributed by atoms with E-state index in [1.54, 1.807) is 4.90 Å². The maximum Gasteiger partial charge on any atom is 0.236 e. The molecule has 4 nitrogen and oxygen atoms in total. The summed E-state index contributed by atoms with van der Waals surface area (Å²) in [6.45, 7) is 5.58. The van der Waals surface area contributed by atoms with Crippen molar-refractivity contribution >= 4 is 5.91 Å². The van der Waals surface area contributed by atoms with Gasteiger partial charge in [-0.2, -0.15) is 0 Å². The lowest BCUT2D eigenvalue weighted by Crippen LogP contribution is -2.39. The van der Waals surface area contributed by atoms with Crippen LogP contribution >= 0.6 is 0 Å². The molecule has 1 fully saturated rings. The van der Waals surface area contributed by atoms with E-state index >= 15 is 0 Å². The fraction of sp³-hybridized carbons (Fsp3) is 0.889. The number of aliphatic hydroxyl groups is 1. The lowest BCUT2D eigenvalue weighted by molar-refractivity contribution is -0.129. The summed E-state index contributed by atoms with van der Waals surface area (Å²) in [5.41, 5.74) is 0. The molecule has 2 N–H and O–H groups in total. The van der Waals surface area contributed by atoms with Crippen molar-refractivity contribution in [3.8, 4) is 0 Å². The van der Waals surface area contributed by atoms with Crippen LogP contribution in [-0.4, -0.2) is 47.7 Å². The maximum atomic E-state index is 11.4. The van der Waals surface area contributed by atoms with Crippen LogP contribution in [0.25, 0.3) is 0 Å². The second kappa shape index (κ2) is 4.58. The first kappa shape index (κ1) is 10.5. The third-order valence-electron chi connectivity index (χ3n) is 2.18. The van der Waals surface area contributed by atoms with Gasteiger partial charge in [0, 0.05) is 19.1 Å². The normalized spacial score (nSPS) is 22.8. The topological polar surface area (TPSA) is 52.6 Å². The molecule has 0 aromatic carbocycles. The largest absolute Gasteiger partial charge is 0.391 e. The molecule has 0 aromatic rings. The van der Waals surface area contributed by atoms with Crippen LogP contribution in [0.5, 0.6) is 0 Å². The van der Waals surface area contributed by atoms with E-state index in [0.29, 0.717) is 32.1 Å². The quantitative estimate of drug-likeness (QED) is 0.629. The SMILES string of the molecule is CC(C)NCC(=O)N1CC[C@@H](O)C1. The average molecular weight is 186 g/mol. The van der Waals surface area contributed by atoms with E-state index in [1.807, 2.05) is 13.8 Å².